The molecule has 1 aromatic carbocycles. The van der Waals surface area contributed by atoms with Gasteiger partial charge in [0.05, 0.1) is 18.2 Å². The van der Waals surface area contributed by atoms with Gasteiger partial charge in [-0.05, 0) is 37.1 Å². The minimum absolute atomic E-state index is 0.145. The number of carbonyl (C=O) groups is 1. The Morgan fingerprint density at radius 1 is 1.43 bits per heavy atom. The molecule has 3 rings (SSSR count). The number of carbonyl (C=O) groups excluding carboxylic acids is 1. The van der Waals surface area contributed by atoms with E-state index in [1.165, 1.54) is 0 Å². The fraction of sp³-hybridized carbons (Fsp3) is 0.375. The Labute approximate surface area is 123 Å². The number of hydrogen-bond donors (Lipinski definition) is 1. The van der Waals surface area contributed by atoms with Gasteiger partial charge in [0.25, 0.3) is 5.91 Å². The van der Waals surface area contributed by atoms with Gasteiger partial charge >= 0.3 is 0 Å². The van der Waals surface area contributed by atoms with E-state index in [9.17, 15) is 4.79 Å². The molecule has 110 valence electrons. The predicted octanol–water partition coefficient (Wildman–Crippen LogP) is 2.12. The van der Waals surface area contributed by atoms with E-state index in [1.807, 2.05) is 24.3 Å². The molecule has 5 heteroatoms. The standard InChI is InChI=1S/C16H18N2O3/c19-16(18-11-20-10-14-4-2-8-21-14)13-5-6-15-12(9-13)3-1-7-17-15/h1,3,5-7,9,14H,2,4,8,10-11H2,(H,18,19). The lowest BCUT2D eigenvalue weighted by Gasteiger charge is -2.11. The largest absolute Gasteiger partial charge is 0.376 e. The number of aromatic nitrogens is 1. The first-order chi connectivity index (χ1) is 10.3. The van der Waals surface area contributed by atoms with E-state index in [2.05, 4.69) is 10.3 Å². The van der Waals surface area contributed by atoms with Crippen molar-refractivity contribution in [1.29, 1.82) is 0 Å². The van der Waals surface area contributed by atoms with Gasteiger partial charge < -0.3 is 14.8 Å². The molecule has 0 saturated carbocycles. The average Bonchev–Trinajstić information content (AvgIpc) is 3.04. The van der Waals surface area contributed by atoms with Crippen LogP contribution < -0.4 is 5.32 Å². The lowest BCUT2D eigenvalue weighted by Crippen LogP contribution is -2.28. The van der Waals surface area contributed by atoms with Crippen molar-refractivity contribution < 1.29 is 14.3 Å². The third-order valence-corrected chi connectivity index (χ3v) is 3.53. The van der Waals surface area contributed by atoms with E-state index in [0.717, 1.165) is 30.4 Å². The molecule has 0 radical (unpaired) electrons. The molecule has 1 N–H and O–H groups in total. The summed E-state index contributed by atoms with van der Waals surface area (Å²) in [7, 11) is 0. The van der Waals surface area contributed by atoms with Crippen LogP contribution in [-0.4, -0.2) is 36.9 Å². The molecule has 5 nitrogen and oxygen atoms in total. The van der Waals surface area contributed by atoms with E-state index in [-0.39, 0.29) is 18.7 Å². The van der Waals surface area contributed by atoms with Crippen molar-refractivity contribution >= 4 is 16.8 Å². The van der Waals surface area contributed by atoms with Crippen molar-refractivity contribution in [3.63, 3.8) is 0 Å². The van der Waals surface area contributed by atoms with E-state index >= 15 is 0 Å². The Balaban J connectivity index is 1.51. The van der Waals surface area contributed by atoms with Crippen LogP contribution in [0.25, 0.3) is 10.9 Å². The minimum atomic E-state index is -0.145. The predicted molar refractivity (Wildman–Crippen MR) is 79.0 cm³/mol. The maximum absolute atomic E-state index is 12.0. The number of ether oxygens (including phenoxy) is 2. The monoisotopic (exact) mass is 286 g/mol. The summed E-state index contributed by atoms with van der Waals surface area (Å²) < 4.78 is 10.9. The molecule has 1 aliphatic rings. The highest BCUT2D eigenvalue weighted by Crippen LogP contribution is 2.13. The minimum Gasteiger partial charge on any atom is -0.376 e. The van der Waals surface area contributed by atoms with Crippen LogP contribution >= 0.6 is 0 Å². The van der Waals surface area contributed by atoms with E-state index in [1.54, 1.807) is 12.3 Å². The van der Waals surface area contributed by atoms with Crippen LogP contribution in [0.15, 0.2) is 36.5 Å². The van der Waals surface area contributed by atoms with Gasteiger partial charge in [-0.3, -0.25) is 9.78 Å². The van der Waals surface area contributed by atoms with Gasteiger partial charge in [-0.1, -0.05) is 6.07 Å². The SMILES string of the molecule is O=C(NCOCC1CCCO1)c1ccc2ncccc2c1. The zero-order chi connectivity index (χ0) is 14.5. The third kappa shape index (κ3) is 3.56. The van der Waals surface area contributed by atoms with Crippen molar-refractivity contribution in [2.24, 2.45) is 0 Å². The summed E-state index contributed by atoms with van der Waals surface area (Å²) in [5.74, 6) is -0.145. The highest BCUT2D eigenvalue weighted by molar-refractivity contribution is 5.97. The van der Waals surface area contributed by atoms with Crippen molar-refractivity contribution in [1.82, 2.24) is 10.3 Å². The molecule has 2 heterocycles. The fourth-order valence-corrected chi connectivity index (χ4v) is 2.40. The number of hydrogen-bond acceptors (Lipinski definition) is 4. The van der Waals surface area contributed by atoms with Crippen LogP contribution in [0.5, 0.6) is 0 Å². The molecule has 1 amide bonds. The smallest absolute Gasteiger partial charge is 0.253 e. The number of nitrogens with one attached hydrogen (secondary N) is 1. The van der Waals surface area contributed by atoms with E-state index in [0.29, 0.717) is 12.2 Å². The summed E-state index contributed by atoms with van der Waals surface area (Å²) in [6, 6.07) is 9.24. The number of benzene rings is 1. The Morgan fingerprint density at radius 3 is 3.24 bits per heavy atom. The van der Waals surface area contributed by atoms with Gasteiger partial charge in [0.2, 0.25) is 0 Å². The third-order valence-electron chi connectivity index (χ3n) is 3.53. The van der Waals surface area contributed by atoms with Crippen LogP contribution in [-0.2, 0) is 9.47 Å². The molecule has 0 bridgehead atoms. The topological polar surface area (TPSA) is 60.5 Å². The van der Waals surface area contributed by atoms with Crippen LogP contribution in [0.3, 0.4) is 0 Å². The number of amides is 1. The van der Waals surface area contributed by atoms with Crippen molar-refractivity contribution in [2.75, 3.05) is 19.9 Å². The van der Waals surface area contributed by atoms with Crippen LogP contribution in [0.4, 0.5) is 0 Å². The number of pyridine rings is 1. The summed E-state index contributed by atoms with van der Waals surface area (Å²) in [6.45, 7) is 1.54. The Bertz CT molecular complexity index is 624. The fourth-order valence-electron chi connectivity index (χ4n) is 2.40. The van der Waals surface area contributed by atoms with Gasteiger partial charge in [0, 0.05) is 23.8 Å². The van der Waals surface area contributed by atoms with Gasteiger partial charge in [0.1, 0.15) is 6.73 Å². The van der Waals surface area contributed by atoms with Gasteiger partial charge in [-0.25, -0.2) is 0 Å². The highest BCUT2D eigenvalue weighted by atomic mass is 16.5. The zero-order valence-electron chi connectivity index (χ0n) is 11.7. The second kappa shape index (κ2) is 6.65. The Kier molecular flexibility index (Phi) is 4.43. The molecule has 1 aromatic heterocycles. The van der Waals surface area contributed by atoms with E-state index in [4.69, 9.17) is 9.47 Å². The molecule has 2 aromatic rings. The second-order valence-electron chi connectivity index (χ2n) is 5.07. The molecule has 1 aliphatic heterocycles. The normalized spacial score (nSPS) is 18.0. The van der Waals surface area contributed by atoms with Crippen LogP contribution in [0, 0.1) is 0 Å². The summed E-state index contributed by atoms with van der Waals surface area (Å²) in [6.07, 6.45) is 4.03. The summed E-state index contributed by atoms with van der Waals surface area (Å²) in [5, 5.41) is 3.70. The first-order valence-corrected chi connectivity index (χ1v) is 7.15. The van der Waals surface area contributed by atoms with Crippen molar-refractivity contribution in [3.8, 4) is 0 Å². The molecule has 1 fully saturated rings. The molecule has 1 saturated heterocycles. The Morgan fingerprint density at radius 2 is 2.38 bits per heavy atom. The molecule has 1 unspecified atom stereocenters. The molecule has 0 spiro atoms. The number of fused-ring (bicyclic) bond motifs is 1. The quantitative estimate of drug-likeness (QED) is 0.675. The number of rotatable bonds is 5. The zero-order valence-corrected chi connectivity index (χ0v) is 11.7. The van der Waals surface area contributed by atoms with E-state index < -0.39 is 0 Å². The average molecular weight is 286 g/mol. The first kappa shape index (κ1) is 14.0. The Hall–Kier alpha value is -1.98. The molecule has 0 aliphatic carbocycles. The summed E-state index contributed by atoms with van der Waals surface area (Å²) >= 11 is 0. The lowest BCUT2D eigenvalue weighted by molar-refractivity contribution is 0.0113. The van der Waals surface area contributed by atoms with Crippen molar-refractivity contribution in [2.45, 2.75) is 18.9 Å². The summed E-state index contributed by atoms with van der Waals surface area (Å²) in [5.41, 5.74) is 1.49. The van der Waals surface area contributed by atoms with Crippen LogP contribution in [0.2, 0.25) is 0 Å². The molecule has 1 atom stereocenters. The maximum atomic E-state index is 12.0. The number of nitrogens with zero attached hydrogens (tertiary/aromatic N) is 1. The van der Waals surface area contributed by atoms with Gasteiger partial charge in [0.15, 0.2) is 0 Å². The second-order valence-corrected chi connectivity index (χ2v) is 5.07. The van der Waals surface area contributed by atoms with Gasteiger partial charge in [-0.15, -0.1) is 0 Å². The maximum Gasteiger partial charge on any atom is 0.253 e. The lowest BCUT2D eigenvalue weighted by atomic mass is 10.1. The molecular formula is C16H18N2O3. The first-order valence-electron chi connectivity index (χ1n) is 7.15. The highest BCUT2D eigenvalue weighted by Gasteiger charge is 2.15. The molecule has 21 heavy (non-hydrogen) atoms. The molecular weight excluding hydrogens is 268 g/mol. The van der Waals surface area contributed by atoms with Crippen molar-refractivity contribution in [3.05, 3.63) is 42.1 Å². The summed E-state index contributed by atoms with van der Waals surface area (Å²) in [4.78, 5) is 16.3. The van der Waals surface area contributed by atoms with Gasteiger partial charge in [-0.2, -0.15) is 0 Å². The van der Waals surface area contributed by atoms with Crippen LogP contribution in [0.1, 0.15) is 23.2 Å².